The van der Waals surface area contributed by atoms with Crippen LogP contribution in [0.2, 0.25) is 0 Å². The molecule has 1 aliphatic heterocycles. The van der Waals surface area contributed by atoms with Crippen LogP contribution in [0.1, 0.15) is 59.7 Å². The Bertz CT molecular complexity index is 753. The maximum Gasteiger partial charge on any atom is 0.492 e. The number of alkyl carbamates (subject to hydrolysis) is 1. The number of carbonyl (C=O) groups is 1. The molecule has 1 saturated heterocycles. The Morgan fingerprint density at radius 1 is 1.25 bits per heavy atom. The predicted molar refractivity (Wildman–Crippen MR) is 112 cm³/mol. The Hall–Kier alpha value is -2.06. The second-order valence-corrected chi connectivity index (χ2v) is 9.07. The summed E-state index contributed by atoms with van der Waals surface area (Å²) in [5.74, 6) is 0.457. The third-order valence-corrected chi connectivity index (χ3v) is 4.88. The predicted octanol–water partition coefficient (Wildman–Crippen LogP) is 3.51. The van der Waals surface area contributed by atoms with Gasteiger partial charge in [-0.3, -0.25) is 0 Å². The van der Waals surface area contributed by atoms with E-state index in [4.69, 9.17) is 19.8 Å². The zero-order valence-corrected chi connectivity index (χ0v) is 18.2. The molecule has 154 valence electrons. The minimum absolute atomic E-state index is 0.218. The molecule has 0 aliphatic carbocycles. The largest absolute Gasteiger partial charge is 0.492 e. The SMILES string of the molecule is Cc1nc(N)ccc1C=C(CNC(=O)OC(C)(C)C)B1OC(C)(C)C(C)(C)O1. The number of nitrogens with two attached hydrogens (primary N) is 1. The summed E-state index contributed by atoms with van der Waals surface area (Å²) in [6, 6.07) is 3.62. The monoisotopic (exact) mass is 389 g/mol. The van der Waals surface area contributed by atoms with Gasteiger partial charge in [-0.25, -0.2) is 9.78 Å². The average Bonchev–Trinajstić information content (AvgIpc) is 2.71. The lowest BCUT2D eigenvalue weighted by Gasteiger charge is -2.32. The normalized spacial score (nSPS) is 18.9. The van der Waals surface area contributed by atoms with Gasteiger partial charge in [0.1, 0.15) is 11.4 Å². The van der Waals surface area contributed by atoms with Gasteiger partial charge in [0.15, 0.2) is 0 Å². The molecular formula is C20H32BN3O4. The van der Waals surface area contributed by atoms with E-state index in [1.54, 1.807) is 6.07 Å². The highest BCUT2D eigenvalue weighted by atomic mass is 16.7. The van der Waals surface area contributed by atoms with Crippen molar-refractivity contribution >= 4 is 25.1 Å². The van der Waals surface area contributed by atoms with Crippen LogP contribution >= 0.6 is 0 Å². The van der Waals surface area contributed by atoms with E-state index in [2.05, 4.69) is 10.3 Å². The van der Waals surface area contributed by atoms with Crippen LogP contribution < -0.4 is 11.1 Å². The molecule has 2 heterocycles. The Balaban J connectivity index is 2.28. The van der Waals surface area contributed by atoms with Crippen molar-refractivity contribution < 1.29 is 18.8 Å². The van der Waals surface area contributed by atoms with E-state index in [1.807, 2.05) is 67.5 Å². The number of pyridine rings is 1. The highest BCUT2D eigenvalue weighted by Gasteiger charge is 2.52. The van der Waals surface area contributed by atoms with Crippen molar-refractivity contribution in [2.24, 2.45) is 0 Å². The molecule has 1 aliphatic rings. The molecule has 1 aromatic heterocycles. The quantitative estimate of drug-likeness (QED) is 0.765. The molecule has 0 saturated carbocycles. The Labute approximate surface area is 168 Å². The molecule has 1 aromatic rings. The minimum Gasteiger partial charge on any atom is -0.444 e. The summed E-state index contributed by atoms with van der Waals surface area (Å²) in [6.45, 7) is 15.5. The smallest absolute Gasteiger partial charge is 0.444 e. The summed E-state index contributed by atoms with van der Waals surface area (Å²) in [5.41, 5.74) is 6.63. The molecule has 0 bridgehead atoms. The van der Waals surface area contributed by atoms with E-state index >= 15 is 0 Å². The van der Waals surface area contributed by atoms with Gasteiger partial charge in [-0.15, -0.1) is 0 Å². The van der Waals surface area contributed by atoms with E-state index in [1.165, 1.54) is 0 Å². The van der Waals surface area contributed by atoms with Gasteiger partial charge in [0.05, 0.1) is 11.2 Å². The number of aryl methyl sites for hydroxylation is 1. The van der Waals surface area contributed by atoms with Gasteiger partial charge >= 0.3 is 13.2 Å². The molecule has 0 radical (unpaired) electrons. The fraction of sp³-hybridized carbons (Fsp3) is 0.600. The van der Waals surface area contributed by atoms with Crippen LogP contribution in [-0.4, -0.2) is 41.5 Å². The number of nitrogen functional groups attached to an aromatic ring is 1. The van der Waals surface area contributed by atoms with Crippen LogP contribution in [-0.2, 0) is 14.0 Å². The fourth-order valence-electron chi connectivity index (χ4n) is 2.63. The first-order valence-corrected chi connectivity index (χ1v) is 9.46. The number of anilines is 1. The molecule has 8 heteroatoms. The second-order valence-electron chi connectivity index (χ2n) is 9.07. The number of amides is 1. The standard InChI is InChI=1S/C20H32BN3O4/c1-13-14(9-10-16(22)24-13)11-15(12-23-17(25)26-18(2,3)4)21-27-19(5,6)20(7,8)28-21/h9-11H,12H2,1-8H3,(H2,22,24)(H,23,25). The van der Waals surface area contributed by atoms with Gasteiger partial charge in [-0.05, 0) is 78.6 Å². The van der Waals surface area contributed by atoms with Crippen molar-refractivity contribution in [1.82, 2.24) is 10.3 Å². The summed E-state index contributed by atoms with van der Waals surface area (Å²) in [6.07, 6.45) is 1.42. The molecule has 2 rings (SSSR count). The molecule has 1 fully saturated rings. The number of ether oxygens (including phenoxy) is 1. The highest BCUT2D eigenvalue weighted by Crippen LogP contribution is 2.38. The molecular weight excluding hydrogens is 357 g/mol. The number of nitrogens with one attached hydrogen (secondary N) is 1. The van der Waals surface area contributed by atoms with E-state index in [0.717, 1.165) is 16.7 Å². The topological polar surface area (TPSA) is 95.7 Å². The molecule has 0 spiro atoms. The molecule has 28 heavy (non-hydrogen) atoms. The second kappa shape index (κ2) is 7.76. The van der Waals surface area contributed by atoms with E-state index in [0.29, 0.717) is 5.82 Å². The summed E-state index contributed by atoms with van der Waals surface area (Å²) < 4.78 is 17.7. The number of rotatable bonds is 4. The molecule has 3 N–H and O–H groups in total. The van der Waals surface area contributed by atoms with Crippen molar-refractivity contribution in [2.75, 3.05) is 12.3 Å². The van der Waals surface area contributed by atoms with Crippen LogP contribution in [0.5, 0.6) is 0 Å². The van der Waals surface area contributed by atoms with Crippen molar-refractivity contribution in [3.63, 3.8) is 0 Å². The molecule has 0 atom stereocenters. The van der Waals surface area contributed by atoms with Gasteiger partial charge in [0.25, 0.3) is 0 Å². The van der Waals surface area contributed by atoms with Gasteiger partial charge in [0.2, 0.25) is 0 Å². The first-order chi connectivity index (χ1) is 12.7. The van der Waals surface area contributed by atoms with Crippen LogP contribution in [0.3, 0.4) is 0 Å². The summed E-state index contributed by atoms with van der Waals surface area (Å²) in [4.78, 5) is 16.4. The van der Waals surface area contributed by atoms with Gasteiger partial charge in [-0.2, -0.15) is 0 Å². The van der Waals surface area contributed by atoms with Gasteiger partial charge in [-0.1, -0.05) is 6.08 Å². The maximum atomic E-state index is 12.1. The average molecular weight is 389 g/mol. The zero-order valence-electron chi connectivity index (χ0n) is 18.2. The van der Waals surface area contributed by atoms with E-state index in [-0.39, 0.29) is 6.54 Å². The molecule has 7 nitrogen and oxygen atoms in total. The Kier molecular flexibility index (Phi) is 6.16. The third kappa shape index (κ3) is 5.48. The van der Waals surface area contributed by atoms with E-state index < -0.39 is 30.0 Å². The van der Waals surface area contributed by atoms with Gasteiger partial charge < -0.3 is 25.1 Å². The third-order valence-electron chi connectivity index (χ3n) is 4.88. The van der Waals surface area contributed by atoms with Crippen LogP contribution in [0, 0.1) is 6.92 Å². The lowest BCUT2D eigenvalue weighted by Crippen LogP contribution is -2.41. The highest BCUT2D eigenvalue weighted by molar-refractivity contribution is 6.56. The summed E-state index contributed by atoms with van der Waals surface area (Å²) in [5, 5.41) is 2.79. The lowest BCUT2D eigenvalue weighted by atomic mass is 9.77. The van der Waals surface area contributed by atoms with Crippen LogP contribution in [0.25, 0.3) is 6.08 Å². The Morgan fingerprint density at radius 2 is 1.82 bits per heavy atom. The van der Waals surface area contributed by atoms with Crippen molar-refractivity contribution in [2.45, 2.75) is 72.2 Å². The first kappa shape index (κ1) is 22.2. The summed E-state index contributed by atoms with van der Waals surface area (Å²) >= 11 is 0. The van der Waals surface area contributed by atoms with E-state index in [9.17, 15) is 4.79 Å². The zero-order chi connectivity index (χ0) is 21.3. The Morgan fingerprint density at radius 3 is 2.32 bits per heavy atom. The molecule has 0 unspecified atom stereocenters. The lowest BCUT2D eigenvalue weighted by molar-refractivity contribution is 0.00578. The number of carbonyl (C=O) groups excluding carboxylic acids is 1. The van der Waals surface area contributed by atoms with Crippen molar-refractivity contribution in [1.29, 1.82) is 0 Å². The molecule has 0 aromatic carbocycles. The first-order valence-electron chi connectivity index (χ1n) is 9.46. The van der Waals surface area contributed by atoms with Crippen molar-refractivity contribution in [3.05, 3.63) is 28.9 Å². The number of hydrogen-bond acceptors (Lipinski definition) is 6. The van der Waals surface area contributed by atoms with Gasteiger partial charge in [0, 0.05) is 12.2 Å². The van der Waals surface area contributed by atoms with Crippen LogP contribution in [0.4, 0.5) is 10.6 Å². The minimum atomic E-state index is -0.600. The summed E-state index contributed by atoms with van der Waals surface area (Å²) in [7, 11) is -0.600. The number of hydrogen-bond donors (Lipinski definition) is 2. The maximum absolute atomic E-state index is 12.1. The fourth-order valence-corrected chi connectivity index (χ4v) is 2.63. The van der Waals surface area contributed by atoms with Crippen LogP contribution in [0.15, 0.2) is 17.6 Å². The number of aromatic nitrogens is 1. The number of nitrogens with zero attached hydrogens (tertiary/aromatic N) is 1. The molecule has 1 amide bonds. The van der Waals surface area contributed by atoms with Crippen molar-refractivity contribution in [3.8, 4) is 0 Å².